The van der Waals surface area contributed by atoms with E-state index in [1.165, 1.54) is 0 Å². The molecule has 1 amide bonds. The standard InChI is InChI=1S/C15H15NO3S/c17-14(16-6-1-2-12(9-16)15(18)19)11-3-4-13-10(8-11)5-7-20-13/h3-5,7-8,12H,1-2,6,9H2,(H,18,19)/t12-/m0/s1. The third kappa shape index (κ3) is 2.41. The van der Waals surface area contributed by atoms with Gasteiger partial charge >= 0.3 is 5.97 Å². The number of aliphatic carboxylic acids is 1. The fourth-order valence-electron chi connectivity index (χ4n) is 2.65. The van der Waals surface area contributed by atoms with Gasteiger partial charge in [-0.05, 0) is 47.9 Å². The smallest absolute Gasteiger partial charge is 0.308 e. The van der Waals surface area contributed by atoms with Crippen LogP contribution in [0, 0.1) is 5.92 Å². The van der Waals surface area contributed by atoms with Crippen LogP contribution in [0.3, 0.4) is 0 Å². The number of carbonyl (C=O) groups is 2. The van der Waals surface area contributed by atoms with Crippen molar-refractivity contribution < 1.29 is 14.7 Å². The average Bonchev–Trinajstić information content (AvgIpc) is 2.94. The first-order valence-corrected chi connectivity index (χ1v) is 7.52. The number of thiophene rings is 1. The monoisotopic (exact) mass is 289 g/mol. The predicted octanol–water partition coefficient (Wildman–Crippen LogP) is 2.84. The summed E-state index contributed by atoms with van der Waals surface area (Å²) in [5.74, 6) is -1.31. The zero-order valence-electron chi connectivity index (χ0n) is 10.9. The Bertz CT molecular complexity index is 664. The summed E-state index contributed by atoms with van der Waals surface area (Å²) in [5.41, 5.74) is 0.641. The van der Waals surface area contributed by atoms with E-state index < -0.39 is 11.9 Å². The molecule has 1 aliphatic rings. The molecule has 0 radical (unpaired) electrons. The molecule has 20 heavy (non-hydrogen) atoms. The number of likely N-dealkylation sites (tertiary alicyclic amines) is 1. The van der Waals surface area contributed by atoms with Gasteiger partial charge in [-0.15, -0.1) is 11.3 Å². The SMILES string of the molecule is O=C(O)[C@H]1CCCN(C(=O)c2ccc3sccc3c2)C1. The molecule has 0 bridgehead atoms. The van der Waals surface area contributed by atoms with E-state index in [0.717, 1.165) is 16.5 Å². The zero-order valence-corrected chi connectivity index (χ0v) is 11.7. The Morgan fingerprint density at radius 3 is 2.95 bits per heavy atom. The Labute approximate surface area is 120 Å². The average molecular weight is 289 g/mol. The van der Waals surface area contributed by atoms with Gasteiger partial charge in [0.2, 0.25) is 0 Å². The number of carbonyl (C=O) groups excluding carboxylic acids is 1. The molecule has 0 spiro atoms. The van der Waals surface area contributed by atoms with Gasteiger partial charge in [-0.3, -0.25) is 9.59 Å². The molecule has 3 rings (SSSR count). The zero-order chi connectivity index (χ0) is 14.1. The normalized spacial score (nSPS) is 19.2. The number of nitrogens with zero attached hydrogens (tertiary/aromatic N) is 1. The van der Waals surface area contributed by atoms with Crippen LogP contribution in [0.2, 0.25) is 0 Å². The van der Waals surface area contributed by atoms with Gasteiger partial charge in [0.05, 0.1) is 5.92 Å². The van der Waals surface area contributed by atoms with Crippen molar-refractivity contribution in [2.75, 3.05) is 13.1 Å². The number of carboxylic acids is 1. The summed E-state index contributed by atoms with van der Waals surface area (Å²) in [6.45, 7) is 0.958. The summed E-state index contributed by atoms with van der Waals surface area (Å²) in [6.07, 6.45) is 1.41. The quantitative estimate of drug-likeness (QED) is 0.925. The molecule has 1 aliphatic heterocycles. The lowest BCUT2D eigenvalue weighted by molar-refractivity contribution is -0.143. The van der Waals surface area contributed by atoms with Crippen LogP contribution in [0.4, 0.5) is 0 Å². The summed E-state index contributed by atoms with van der Waals surface area (Å²) in [7, 11) is 0. The van der Waals surface area contributed by atoms with E-state index in [9.17, 15) is 9.59 Å². The molecular weight excluding hydrogens is 274 g/mol. The van der Waals surface area contributed by atoms with Gasteiger partial charge in [0.15, 0.2) is 0 Å². The highest BCUT2D eigenvalue weighted by Gasteiger charge is 2.28. The number of rotatable bonds is 2. The molecule has 2 aromatic rings. The highest BCUT2D eigenvalue weighted by Crippen LogP contribution is 2.24. The fourth-order valence-corrected chi connectivity index (χ4v) is 3.42. The van der Waals surface area contributed by atoms with E-state index >= 15 is 0 Å². The van der Waals surface area contributed by atoms with Crippen molar-refractivity contribution in [2.24, 2.45) is 5.92 Å². The Balaban J connectivity index is 1.82. The number of carboxylic acid groups (broad SMARTS) is 1. The van der Waals surface area contributed by atoms with E-state index in [1.807, 2.05) is 29.6 Å². The molecule has 1 aromatic heterocycles. The highest BCUT2D eigenvalue weighted by molar-refractivity contribution is 7.17. The van der Waals surface area contributed by atoms with Crippen LogP contribution in [0.1, 0.15) is 23.2 Å². The Hall–Kier alpha value is -1.88. The topological polar surface area (TPSA) is 57.6 Å². The van der Waals surface area contributed by atoms with Crippen molar-refractivity contribution in [2.45, 2.75) is 12.8 Å². The third-order valence-electron chi connectivity index (χ3n) is 3.76. The molecule has 104 valence electrons. The first kappa shape index (κ1) is 13.1. The first-order chi connectivity index (χ1) is 9.65. The van der Waals surface area contributed by atoms with Crippen LogP contribution in [0.5, 0.6) is 0 Å². The Morgan fingerprint density at radius 1 is 1.30 bits per heavy atom. The number of fused-ring (bicyclic) bond motifs is 1. The van der Waals surface area contributed by atoms with E-state index in [0.29, 0.717) is 25.1 Å². The largest absolute Gasteiger partial charge is 0.481 e. The van der Waals surface area contributed by atoms with E-state index in [2.05, 4.69) is 0 Å². The minimum Gasteiger partial charge on any atom is -0.481 e. The summed E-state index contributed by atoms with van der Waals surface area (Å²) in [4.78, 5) is 25.2. The number of piperidine rings is 1. The van der Waals surface area contributed by atoms with Gasteiger partial charge in [-0.25, -0.2) is 0 Å². The minimum absolute atomic E-state index is 0.0657. The van der Waals surface area contributed by atoms with Crippen molar-refractivity contribution in [3.05, 3.63) is 35.2 Å². The van der Waals surface area contributed by atoms with Gasteiger partial charge < -0.3 is 10.0 Å². The molecule has 4 nitrogen and oxygen atoms in total. The summed E-state index contributed by atoms with van der Waals surface area (Å²) < 4.78 is 1.16. The number of amides is 1. The van der Waals surface area contributed by atoms with Crippen LogP contribution in [-0.2, 0) is 4.79 Å². The molecule has 0 saturated carbocycles. The van der Waals surface area contributed by atoms with Crippen molar-refractivity contribution >= 4 is 33.3 Å². The summed E-state index contributed by atoms with van der Waals surface area (Å²) in [6, 6.07) is 7.66. The molecule has 0 aliphatic carbocycles. The minimum atomic E-state index is -0.809. The second-order valence-corrected chi connectivity index (χ2v) is 6.05. The third-order valence-corrected chi connectivity index (χ3v) is 4.66. The Morgan fingerprint density at radius 2 is 2.15 bits per heavy atom. The van der Waals surface area contributed by atoms with Crippen molar-refractivity contribution in [3.63, 3.8) is 0 Å². The summed E-state index contributed by atoms with van der Waals surface area (Å²) in [5, 5.41) is 12.1. The second kappa shape index (κ2) is 5.25. The molecular formula is C15H15NO3S. The molecule has 1 atom stereocenters. The van der Waals surface area contributed by atoms with Gasteiger partial charge in [0.25, 0.3) is 5.91 Å². The lowest BCUT2D eigenvalue weighted by Crippen LogP contribution is -2.42. The van der Waals surface area contributed by atoms with Crippen LogP contribution in [-0.4, -0.2) is 35.0 Å². The van der Waals surface area contributed by atoms with Gasteiger partial charge in [-0.2, -0.15) is 0 Å². The van der Waals surface area contributed by atoms with Crippen molar-refractivity contribution in [3.8, 4) is 0 Å². The molecule has 0 unspecified atom stereocenters. The highest BCUT2D eigenvalue weighted by atomic mass is 32.1. The molecule has 1 fully saturated rings. The van der Waals surface area contributed by atoms with Gasteiger partial charge in [0.1, 0.15) is 0 Å². The predicted molar refractivity (Wildman–Crippen MR) is 78.1 cm³/mol. The van der Waals surface area contributed by atoms with Crippen LogP contribution < -0.4 is 0 Å². The van der Waals surface area contributed by atoms with Gasteiger partial charge in [-0.1, -0.05) is 0 Å². The number of benzene rings is 1. The van der Waals surface area contributed by atoms with Crippen LogP contribution in [0.15, 0.2) is 29.6 Å². The molecule has 2 heterocycles. The lowest BCUT2D eigenvalue weighted by Gasteiger charge is -2.30. The van der Waals surface area contributed by atoms with E-state index in [4.69, 9.17) is 5.11 Å². The maximum atomic E-state index is 12.5. The fraction of sp³-hybridized carbons (Fsp3) is 0.333. The van der Waals surface area contributed by atoms with E-state index in [1.54, 1.807) is 16.2 Å². The maximum Gasteiger partial charge on any atom is 0.308 e. The molecule has 5 heteroatoms. The molecule has 1 N–H and O–H groups in total. The number of hydrogen-bond donors (Lipinski definition) is 1. The number of hydrogen-bond acceptors (Lipinski definition) is 3. The van der Waals surface area contributed by atoms with Crippen LogP contribution in [0.25, 0.3) is 10.1 Å². The van der Waals surface area contributed by atoms with Crippen molar-refractivity contribution in [1.82, 2.24) is 4.90 Å². The van der Waals surface area contributed by atoms with Crippen LogP contribution >= 0.6 is 11.3 Å². The summed E-state index contributed by atoms with van der Waals surface area (Å²) >= 11 is 1.65. The molecule has 1 aromatic carbocycles. The van der Waals surface area contributed by atoms with Gasteiger partial charge in [0, 0.05) is 23.4 Å². The lowest BCUT2D eigenvalue weighted by atomic mass is 9.97. The second-order valence-electron chi connectivity index (χ2n) is 5.10. The Kier molecular flexibility index (Phi) is 3.44. The maximum absolute atomic E-state index is 12.5. The van der Waals surface area contributed by atoms with E-state index in [-0.39, 0.29) is 5.91 Å². The molecule has 1 saturated heterocycles. The van der Waals surface area contributed by atoms with Crippen molar-refractivity contribution in [1.29, 1.82) is 0 Å². The first-order valence-electron chi connectivity index (χ1n) is 6.64.